The predicted molar refractivity (Wildman–Crippen MR) is 91.8 cm³/mol. The van der Waals surface area contributed by atoms with Crippen molar-refractivity contribution in [2.75, 3.05) is 46.8 Å². The Morgan fingerprint density at radius 2 is 2.05 bits per heavy atom. The maximum atomic E-state index is 3.51. The summed E-state index contributed by atoms with van der Waals surface area (Å²) in [6, 6.07) is 0.753. The molecule has 3 nitrogen and oxygen atoms in total. The summed E-state index contributed by atoms with van der Waals surface area (Å²) in [7, 11) is 4.42. The summed E-state index contributed by atoms with van der Waals surface area (Å²) in [5.74, 6) is 0.904. The molecule has 3 heteroatoms. The van der Waals surface area contributed by atoms with Crippen LogP contribution in [0.2, 0.25) is 0 Å². The van der Waals surface area contributed by atoms with Gasteiger partial charge in [-0.05, 0) is 64.2 Å². The third kappa shape index (κ3) is 4.67. The van der Waals surface area contributed by atoms with E-state index in [4.69, 9.17) is 0 Å². The third-order valence-corrected chi connectivity index (χ3v) is 5.77. The average molecular weight is 296 g/mol. The summed E-state index contributed by atoms with van der Waals surface area (Å²) in [5, 5.41) is 3.51. The summed E-state index contributed by atoms with van der Waals surface area (Å²) in [5.41, 5.74) is 0.517. The standard InChI is InChI=1S/C18H37N3/c1-5-17-13-20(4)10-7-11-21(17)15-18(14-19-3)9-6-8-16(2)12-18/h16-17,19H,5-15H2,1-4H3. The van der Waals surface area contributed by atoms with E-state index in [0.717, 1.165) is 12.0 Å². The van der Waals surface area contributed by atoms with Gasteiger partial charge in [0.2, 0.25) is 0 Å². The third-order valence-electron chi connectivity index (χ3n) is 5.77. The monoisotopic (exact) mass is 295 g/mol. The van der Waals surface area contributed by atoms with Gasteiger partial charge in [0.25, 0.3) is 0 Å². The Balaban J connectivity index is 2.06. The van der Waals surface area contributed by atoms with Gasteiger partial charge in [-0.2, -0.15) is 0 Å². The molecule has 1 saturated heterocycles. The van der Waals surface area contributed by atoms with Crippen LogP contribution in [0.25, 0.3) is 0 Å². The van der Waals surface area contributed by atoms with Crippen molar-refractivity contribution in [1.82, 2.24) is 15.1 Å². The fourth-order valence-electron chi connectivity index (χ4n) is 4.82. The zero-order valence-electron chi connectivity index (χ0n) is 14.8. The van der Waals surface area contributed by atoms with Gasteiger partial charge in [0.15, 0.2) is 0 Å². The molecule has 1 aliphatic carbocycles. The van der Waals surface area contributed by atoms with Crippen LogP contribution in [0.5, 0.6) is 0 Å². The van der Waals surface area contributed by atoms with Crippen molar-refractivity contribution < 1.29 is 0 Å². The molecule has 2 fully saturated rings. The van der Waals surface area contributed by atoms with Gasteiger partial charge < -0.3 is 10.2 Å². The lowest BCUT2D eigenvalue weighted by Gasteiger charge is -2.45. The summed E-state index contributed by atoms with van der Waals surface area (Å²) >= 11 is 0. The smallest absolute Gasteiger partial charge is 0.0220 e. The van der Waals surface area contributed by atoms with Gasteiger partial charge in [-0.3, -0.25) is 4.90 Å². The first-order valence-electron chi connectivity index (χ1n) is 9.16. The lowest BCUT2D eigenvalue weighted by Crippen LogP contribution is -2.50. The first kappa shape index (κ1) is 17.2. The Morgan fingerprint density at radius 3 is 2.71 bits per heavy atom. The molecule has 1 N–H and O–H groups in total. The van der Waals surface area contributed by atoms with Crippen LogP contribution in [0.1, 0.15) is 52.4 Å². The highest BCUT2D eigenvalue weighted by Crippen LogP contribution is 2.40. The molecule has 3 atom stereocenters. The number of nitrogens with one attached hydrogen (secondary N) is 1. The SMILES string of the molecule is CCC1CN(C)CCCN1CC1(CNC)CCCC(C)C1. The molecule has 0 aromatic rings. The lowest BCUT2D eigenvalue weighted by atomic mass is 9.69. The maximum Gasteiger partial charge on any atom is 0.0220 e. The number of rotatable bonds is 5. The molecule has 3 unspecified atom stereocenters. The van der Waals surface area contributed by atoms with Crippen LogP contribution >= 0.6 is 0 Å². The molecule has 2 rings (SSSR count). The molecule has 0 amide bonds. The first-order valence-corrected chi connectivity index (χ1v) is 9.16. The van der Waals surface area contributed by atoms with Crippen molar-refractivity contribution in [3.8, 4) is 0 Å². The van der Waals surface area contributed by atoms with Gasteiger partial charge in [0, 0.05) is 25.7 Å². The van der Waals surface area contributed by atoms with Crippen LogP contribution < -0.4 is 5.32 Å². The fourth-order valence-corrected chi connectivity index (χ4v) is 4.82. The van der Waals surface area contributed by atoms with Gasteiger partial charge >= 0.3 is 0 Å². The number of nitrogens with zero attached hydrogens (tertiary/aromatic N) is 2. The molecule has 1 heterocycles. The second kappa shape index (κ2) is 7.94. The maximum absolute atomic E-state index is 3.51. The van der Waals surface area contributed by atoms with E-state index in [1.165, 1.54) is 71.2 Å². The van der Waals surface area contributed by atoms with Crippen molar-refractivity contribution >= 4 is 0 Å². The van der Waals surface area contributed by atoms with E-state index in [9.17, 15) is 0 Å². The summed E-state index contributed by atoms with van der Waals surface area (Å²) in [4.78, 5) is 5.36. The molecular weight excluding hydrogens is 258 g/mol. The quantitative estimate of drug-likeness (QED) is 0.841. The highest BCUT2D eigenvalue weighted by Gasteiger charge is 2.37. The van der Waals surface area contributed by atoms with Gasteiger partial charge in [-0.1, -0.05) is 26.7 Å². The minimum Gasteiger partial charge on any atom is -0.319 e. The molecule has 1 saturated carbocycles. The fraction of sp³-hybridized carbons (Fsp3) is 1.00. The molecule has 2 aliphatic rings. The molecular formula is C18H37N3. The molecule has 1 aliphatic heterocycles. The number of hydrogen-bond acceptors (Lipinski definition) is 3. The van der Waals surface area contributed by atoms with E-state index in [-0.39, 0.29) is 0 Å². The average Bonchev–Trinajstić information content (AvgIpc) is 2.60. The van der Waals surface area contributed by atoms with Crippen LogP contribution in [0.3, 0.4) is 0 Å². The van der Waals surface area contributed by atoms with Crippen molar-refractivity contribution in [1.29, 1.82) is 0 Å². The molecule has 124 valence electrons. The molecule has 21 heavy (non-hydrogen) atoms. The van der Waals surface area contributed by atoms with E-state index in [2.05, 4.69) is 43.1 Å². The van der Waals surface area contributed by atoms with E-state index >= 15 is 0 Å². The van der Waals surface area contributed by atoms with Crippen LogP contribution in [0, 0.1) is 11.3 Å². The molecule has 0 aromatic heterocycles. The number of hydrogen-bond donors (Lipinski definition) is 1. The van der Waals surface area contributed by atoms with Crippen LogP contribution in [0.15, 0.2) is 0 Å². The second-order valence-electron chi connectivity index (χ2n) is 7.88. The zero-order chi connectivity index (χ0) is 15.3. The van der Waals surface area contributed by atoms with Gasteiger partial charge in [0.05, 0.1) is 0 Å². The molecule has 0 radical (unpaired) electrons. The minimum absolute atomic E-state index is 0.517. The van der Waals surface area contributed by atoms with E-state index < -0.39 is 0 Å². The lowest BCUT2D eigenvalue weighted by molar-refractivity contribution is 0.0583. The van der Waals surface area contributed by atoms with Gasteiger partial charge in [0.1, 0.15) is 0 Å². The normalized spacial score (nSPS) is 36.6. The van der Waals surface area contributed by atoms with Crippen molar-refractivity contribution in [2.24, 2.45) is 11.3 Å². The topological polar surface area (TPSA) is 18.5 Å². The summed E-state index contributed by atoms with van der Waals surface area (Å²) < 4.78 is 0. The minimum atomic E-state index is 0.517. The highest BCUT2D eigenvalue weighted by atomic mass is 15.2. The van der Waals surface area contributed by atoms with Gasteiger partial charge in [-0.15, -0.1) is 0 Å². The van der Waals surface area contributed by atoms with Crippen LogP contribution in [-0.4, -0.2) is 62.7 Å². The van der Waals surface area contributed by atoms with Crippen molar-refractivity contribution in [3.63, 3.8) is 0 Å². The number of likely N-dealkylation sites (N-methyl/N-ethyl adjacent to an activating group) is 1. The zero-order valence-corrected chi connectivity index (χ0v) is 14.8. The Hall–Kier alpha value is -0.120. The van der Waals surface area contributed by atoms with Crippen LogP contribution in [0.4, 0.5) is 0 Å². The van der Waals surface area contributed by atoms with Crippen LogP contribution in [-0.2, 0) is 0 Å². The Labute approximate surface area is 132 Å². The Bertz CT molecular complexity index is 303. The van der Waals surface area contributed by atoms with E-state index in [0.29, 0.717) is 5.41 Å². The van der Waals surface area contributed by atoms with E-state index in [1.807, 2.05) is 0 Å². The summed E-state index contributed by atoms with van der Waals surface area (Å²) in [6.45, 7) is 11.1. The Kier molecular flexibility index (Phi) is 6.51. The molecule has 0 aromatic carbocycles. The summed E-state index contributed by atoms with van der Waals surface area (Å²) in [6.07, 6.45) is 8.31. The highest BCUT2D eigenvalue weighted by molar-refractivity contribution is 4.92. The second-order valence-corrected chi connectivity index (χ2v) is 7.88. The first-order chi connectivity index (χ1) is 10.1. The molecule has 0 bridgehead atoms. The predicted octanol–water partition coefficient (Wildman–Crippen LogP) is 2.82. The van der Waals surface area contributed by atoms with E-state index in [1.54, 1.807) is 0 Å². The molecule has 0 spiro atoms. The van der Waals surface area contributed by atoms with Gasteiger partial charge in [-0.25, -0.2) is 0 Å². The van der Waals surface area contributed by atoms with Crippen molar-refractivity contribution in [3.05, 3.63) is 0 Å². The Morgan fingerprint density at radius 1 is 1.24 bits per heavy atom. The largest absolute Gasteiger partial charge is 0.319 e. The van der Waals surface area contributed by atoms with Crippen molar-refractivity contribution in [2.45, 2.75) is 58.4 Å².